The van der Waals surface area contributed by atoms with Crippen LogP contribution in [-0.4, -0.2) is 20.2 Å². The molecule has 1 aliphatic rings. The van der Waals surface area contributed by atoms with E-state index in [1.54, 1.807) is 0 Å². The Labute approximate surface area is 103 Å². The van der Waals surface area contributed by atoms with Crippen molar-refractivity contribution in [2.45, 2.75) is 25.8 Å². The van der Waals surface area contributed by atoms with E-state index in [1.807, 2.05) is 7.05 Å². The Morgan fingerprint density at radius 2 is 2.29 bits per heavy atom. The Kier molecular flexibility index (Phi) is 4.02. The molecule has 0 spiro atoms. The maximum Gasteiger partial charge on any atom is 0.122 e. The van der Waals surface area contributed by atoms with Crippen molar-refractivity contribution in [3.05, 3.63) is 29.3 Å². The van der Waals surface area contributed by atoms with Gasteiger partial charge in [0.05, 0.1) is 6.61 Å². The Morgan fingerprint density at radius 3 is 3.00 bits per heavy atom. The molecular formula is C14H22N2O. The molecule has 0 saturated heterocycles. The van der Waals surface area contributed by atoms with Gasteiger partial charge in [-0.2, -0.15) is 0 Å². The lowest BCUT2D eigenvalue weighted by Gasteiger charge is -2.23. The number of rotatable bonds is 5. The maximum absolute atomic E-state index is 6.35. The minimum Gasteiger partial charge on any atom is -0.493 e. The summed E-state index contributed by atoms with van der Waals surface area (Å²) in [5, 5.41) is 3.22. The number of hydrogen-bond donors (Lipinski definition) is 2. The van der Waals surface area contributed by atoms with Crippen molar-refractivity contribution in [1.29, 1.82) is 0 Å². The lowest BCUT2D eigenvalue weighted by molar-refractivity contribution is 0.356. The number of nitrogens with two attached hydrogens (primary N) is 1. The fraction of sp³-hybridized carbons (Fsp3) is 0.571. The van der Waals surface area contributed by atoms with E-state index in [4.69, 9.17) is 10.5 Å². The standard InChI is InChI=1S/C14H22N2O/c1-3-10(9-16-2)14(15)12-4-5-13-11(8-12)6-7-17-13/h4-5,8,10,14,16H,3,6-7,9,15H2,1-2H3. The second-order valence-electron chi connectivity index (χ2n) is 4.72. The summed E-state index contributed by atoms with van der Waals surface area (Å²) in [5.41, 5.74) is 8.88. The number of nitrogens with one attached hydrogen (secondary N) is 1. The monoisotopic (exact) mass is 234 g/mol. The van der Waals surface area contributed by atoms with Gasteiger partial charge in [0.15, 0.2) is 0 Å². The highest BCUT2D eigenvalue weighted by Crippen LogP contribution is 2.30. The van der Waals surface area contributed by atoms with Crippen LogP contribution in [0.4, 0.5) is 0 Å². The Hall–Kier alpha value is -1.06. The van der Waals surface area contributed by atoms with Crippen LogP contribution in [0.15, 0.2) is 18.2 Å². The molecule has 3 nitrogen and oxygen atoms in total. The molecule has 0 bridgehead atoms. The number of benzene rings is 1. The van der Waals surface area contributed by atoms with E-state index in [1.165, 1.54) is 11.1 Å². The van der Waals surface area contributed by atoms with Gasteiger partial charge >= 0.3 is 0 Å². The Balaban J connectivity index is 2.15. The van der Waals surface area contributed by atoms with Crippen molar-refractivity contribution < 1.29 is 4.74 Å². The summed E-state index contributed by atoms with van der Waals surface area (Å²) in [7, 11) is 1.98. The minimum atomic E-state index is 0.110. The zero-order valence-corrected chi connectivity index (χ0v) is 10.7. The van der Waals surface area contributed by atoms with E-state index < -0.39 is 0 Å². The third-order valence-corrected chi connectivity index (χ3v) is 3.60. The predicted octanol–water partition coefficient (Wildman–Crippen LogP) is 1.87. The largest absolute Gasteiger partial charge is 0.493 e. The fourth-order valence-corrected chi connectivity index (χ4v) is 2.47. The summed E-state index contributed by atoms with van der Waals surface area (Å²) in [5.74, 6) is 1.52. The van der Waals surface area contributed by atoms with Gasteiger partial charge in [0.1, 0.15) is 5.75 Å². The van der Waals surface area contributed by atoms with Gasteiger partial charge in [0.25, 0.3) is 0 Å². The quantitative estimate of drug-likeness (QED) is 0.817. The van der Waals surface area contributed by atoms with Gasteiger partial charge in [-0.1, -0.05) is 25.5 Å². The first kappa shape index (κ1) is 12.4. The highest BCUT2D eigenvalue weighted by molar-refractivity contribution is 5.40. The average Bonchev–Trinajstić information content (AvgIpc) is 2.82. The van der Waals surface area contributed by atoms with E-state index in [0.717, 1.165) is 31.7 Å². The van der Waals surface area contributed by atoms with Gasteiger partial charge < -0.3 is 15.8 Å². The van der Waals surface area contributed by atoms with E-state index in [0.29, 0.717) is 5.92 Å². The summed E-state index contributed by atoms with van der Waals surface area (Å²) in [6.45, 7) is 3.96. The molecule has 17 heavy (non-hydrogen) atoms. The molecule has 2 atom stereocenters. The third kappa shape index (κ3) is 2.61. The summed E-state index contributed by atoms with van der Waals surface area (Å²) in [6.07, 6.45) is 2.11. The molecule has 94 valence electrons. The van der Waals surface area contributed by atoms with E-state index in [9.17, 15) is 0 Å². The first-order valence-electron chi connectivity index (χ1n) is 6.42. The van der Waals surface area contributed by atoms with Crippen LogP contribution in [0.25, 0.3) is 0 Å². The first-order valence-corrected chi connectivity index (χ1v) is 6.42. The number of hydrogen-bond acceptors (Lipinski definition) is 3. The molecule has 1 aliphatic heterocycles. The molecule has 0 aliphatic carbocycles. The van der Waals surface area contributed by atoms with Gasteiger partial charge in [0, 0.05) is 12.5 Å². The normalized spacial score (nSPS) is 17.4. The molecule has 1 heterocycles. The van der Waals surface area contributed by atoms with Crippen LogP contribution in [0, 0.1) is 5.92 Å². The topological polar surface area (TPSA) is 47.3 Å². The van der Waals surface area contributed by atoms with Crippen LogP contribution < -0.4 is 15.8 Å². The zero-order chi connectivity index (χ0) is 12.3. The highest BCUT2D eigenvalue weighted by atomic mass is 16.5. The molecule has 1 aromatic carbocycles. The fourth-order valence-electron chi connectivity index (χ4n) is 2.47. The molecule has 0 amide bonds. The average molecular weight is 234 g/mol. The Bertz CT molecular complexity index is 378. The maximum atomic E-state index is 6.35. The summed E-state index contributed by atoms with van der Waals surface area (Å²) in [6, 6.07) is 6.49. The van der Waals surface area contributed by atoms with Gasteiger partial charge in [-0.05, 0) is 36.7 Å². The van der Waals surface area contributed by atoms with E-state index in [-0.39, 0.29) is 6.04 Å². The smallest absolute Gasteiger partial charge is 0.122 e. The molecule has 3 heteroatoms. The number of ether oxygens (including phenoxy) is 1. The predicted molar refractivity (Wildman–Crippen MR) is 70.3 cm³/mol. The molecule has 0 aromatic heterocycles. The molecule has 0 fully saturated rings. The van der Waals surface area contributed by atoms with Crippen LogP contribution in [0.3, 0.4) is 0 Å². The molecule has 0 saturated carbocycles. The molecule has 2 unspecified atom stereocenters. The van der Waals surface area contributed by atoms with Gasteiger partial charge in [0.2, 0.25) is 0 Å². The second kappa shape index (κ2) is 5.52. The van der Waals surface area contributed by atoms with E-state index >= 15 is 0 Å². The first-order chi connectivity index (χ1) is 8.26. The molecular weight excluding hydrogens is 212 g/mol. The van der Waals surface area contributed by atoms with Gasteiger partial charge in [-0.3, -0.25) is 0 Å². The lowest BCUT2D eigenvalue weighted by atomic mass is 9.90. The number of fused-ring (bicyclic) bond motifs is 1. The van der Waals surface area contributed by atoms with Crippen LogP contribution in [0.1, 0.15) is 30.5 Å². The van der Waals surface area contributed by atoms with Crippen LogP contribution in [0.2, 0.25) is 0 Å². The Morgan fingerprint density at radius 1 is 1.47 bits per heavy atom. The molecule has 0 radical (unpaired) electrons. The van der Waals surface area contributed by atoms with Crippen LogP contribution in [-0.2, 0) is 6.42 Å². The summed E-state index contributed by atoms with van der Waals surface area (Å²) in [4.78, 5) is 0. The zero-order valence-electron chi connectivity index (χ0n) is 10.7. The van der Waals surface area contributed by atoms with E-state index in [2.05, 4.69) is 30.4 Å². The highest BCUT2D eigenvalue weighted by Gasteiger charge is 2.20. The van der Waals surface area contributed by atoms with Crippen LogP contribution in [0.5, 0.6) is 5.75 Å². The van der Waals surface area contributed by atoms with Crippen molar-refractivity contribution in [3.8, 4) is 5.75 Å². The van der Waals surface area contributed by atoms with Crippen molar-refractivity contribution in [1.82, 2.24) is 5.32 Å². The summed E-state index contributed by atoms with van der Waals surface area (Å²) >= 11 is 0. The molecule has 3 N–H and O–H groups in total. The van der Waals surface area contributed by atoms with Crippen molar-refractivity contribution in [2.75, 3.05) is 20.2 Å². The van der Waals surface area contributed by atoms with Gasteiger partial charge in [-0.25, -0.2) is 0 Å². The van der Waals surface area contributed by atoms with Crippen molar-refractivity contribution >= 4 is 0 Å². The molecule has 2 rings (SSSR count). The third-order valence-electron chi connectivity index (χ3n) is 3.60. The summed E-state index contributed by atoms with van der Waals surface area (Å²) < 4.78 is 5.51. The SMILES string of the molecule is CCC(CNC)C(N)c1ccc2c(c1)CCO2. The minimum absolute atomic E-state index is 0.110. The second-order valence-corrected chi connectivity index (χ2v) is 4.72. The van der Waals surface area contributed by atoms with Crippen molar-refractivity contribution in [2.24, 2.45) is 11.7 Å². The van der Waals surface area contributed by atoms with Gasteiger partial charge in [-0.15, -0.1) is 0 Å². The van der Waals surface area contributed by atoms with Crippen molar-refractivity contribution in [3.63, 3.8) is 0 Å². The molecule has 1 aromatic rings. The van der Waals surface area contributed by atoms with Crippen LogP contribution >= 0.6 is 0 Å². The lowest BCUT2D eigenvalue weighted by Crippen LogP contribution is -2.29.